The molecule has 0 aliphatic carbocycles. The van der Waals surface area contributed by atoms with Gasteiger partial charge in [0.05, 0.1) is 18.0 Å². The summed E-state index contributed by atoms with van der Waals surface area (Å²) in [6.07, 6.45) is -0.128. The fraction of sp³-hybridized carbons (Fsp3) is 0.333. The third-order valence-corrected chi connectivity index (χ3v) is 4.65. The lowest BCUT2D eigenvalue weighted by atomic mass is 9.93. The lowest BCUT2D eigenvalue weighted by Crippen LogP contribution is -2.28. The number of carbonyl (C=O) groups excluding carboxylic acids is 1. The number of aliphatic carboxylic acids is 1. The predicted octanol–water partition coefficient (Wildman–Crippen LogP) is 3.99. The van der Waals surface area contributed by atoms with Crippen LogP contribution in [0.2, 0.25) is 0 Å². The van der Waals surface area contributed by atoms with Crippen molar-refractivity contribution in [3.8, 4) is 0 Å². The number of benzene rings is 1. The molecule has 0 fully saturated rings. The second-order valence-corrected chi connectivity index (χ2v) is 6.81. The van der Waals surface area contributed by atoms with E-state index in [9.17, 15) is 9.59 Å². The van der Waals surface area contributed by atoms with E-state index in [1.165, 1.54) is 16.9 Å². The maximum Gasteiger partial charge on any atom is 0.308 e. The van der Waals surface area contributed by atoms with Gasteiger partial charge in [0.25, 0.3) is 5.91 Å². The largest absolute Gasteiger partial charge is 0.481 e. The molecule has 0 spiro atoms. The van der Waals surface area contributed by atoms with Crippen molar-refractivity contribution >= 4 is 23.2 Å². The first kappa shape index (κ1) is 17.2. The van der Waals surface area contributed by atoms with Crippen molar-refractivity contribution in [2.24, 2.45) is 0 Å². The number of rotatable bonds is 6. The summed E-state index contributed by atoms with van der Waals surface area (Å²) in [5.41, 5.74) is 2.74. The van der Waals surface area contributed by atoms with Crippen molar-refractivity contribution in [2.75, 3.05) is 0 Å². The second kappa shape index (κ2) is 7.42. The molecular formula is C18H21NO3S. The average molecular weight is 331 g/mol. The van der Waals surface area contributed by atoms with Crippen LogP contribution in [0.3, 0.4) is 0 Å². The van der Waals surface area contributed by atoms with E-state index in [2.05, 4.69) is 25.2 Å². The van der Waals surface area contributed by atoms with E-state index < -0.39 is 5.97 Å². The number of hydrogen-bond donors (Lipinski definition) is 2. The number of hydrogen-bond acceptors (Lipinski definition) is 3. The molecule has 2 N–H and O–H groups in total. The normalized spacial score (nSPS) is 12.2. The Labute approximate surface area is 140 Å². The van der Waals surface area contributed by atoms with Gasteiger partial charge >= 0.3 is 5.97 Å². The van der Waals surface area contributed by atoms with Gasteiger partial charge in [-0.25, -0.2) is 0 Å². The zero-order valence-corrected chi connectivity index (χ0v) is 14.3. The number of amides is 1. The molecule has 0 saturated heterocycles. The molecular weight excluding hydrogens is 310 g/mol. The van der Waals surface area contributed by atoms with Crippen molar-refractivity contribution < 1.29 is 14.7 Å². The first-order valence-corrected chi connectivity index (χ1v) is 8.46. The molecule has 5 heteroatoms. The van der Waals surface area contributed by atoms with Crippen LogP contribution in [0, 0.1) is 0 Å². The van der Waals surface area contributed by atoms with Crippen molar-refractivity contribution in [3.05, 3.63) is 57.3 Å². The summed E-state index contributed by atoms with van der Waals surface area (Å²) in [7, 11) is 0. The first-order valence-electron chi connectivity index (χ1n) is 7.58. The molecule has 0 radical (unpaired) electrons. The molecule has 1 atom stereocenters. The Morgan fingerprint density at radius 1 is 1.13 bits per heavy atom. The van der Waals surface area contributed by atoms with Gasteiger partial charge in [-0.3, -0.25) is 9.59 Å². The predicted molar refractivity (Wildman–Crippen MR) is 92.1 cm³/mol. The summed E-state index contributed by atoms with van der Waals surface area (Å²) in [6, 6.07) is 9.59. The molecule has 1 amide bonds. The van der Waals surface area contributed by atoms with Crippen LogP contribution in [0.5, 0.6) is 0 Å². The van der Waals surface area contributed by atoms with Gasteiger partial charge in [-0.2, -0.15) is 0 Å². The Bertz CT molecular complexity index is 706. The Kier molecular flexibility index (Phi) is 5.55. The van der Waals surface area contributed by atoms with Crippen LogP contribution >= 0.6 is 11.3 Å². The molecule has 1 aromatic carbocycles. The maximum absolute atomic E-state index is 12.5. The van der Waals surface area contributed by atoms with Gasteiger partial charge in [0, 0.05) is 4.88 Å². The van der Waals surface area contributed by atoms with Gasteiger partial charge in [0.15, 0.2) is 0 Å². The molecule has 1 unspecified atom stereocenters. The summed E-state index contributed by atoms with van der Waals surface area (Å²) >= 11 is 1.30. The van der Waals surface area contributed by atoms with Crippen molar-refractivity contribution in [1.82, 2.24) is 5.32 Å². The third kappa shape index (κ3) is 4.20. The Morgan fingerprint density at radius 2 is 1.78 bits per heavy atom. The van der Waals surface area contributed by atoms with Crippen LogP contribution in [0.1, 0.15) is 59.1 Å². The summed E-state index contributed by atoms with van der Waals surface area (Å²) in [6.45, 7) is 6.19. The highest BCUT2D eigenvalue weighted by Gasteiger charge is 2.19. The lowest BCUT2D eigenvalue weighted by Gasteiger charge is -2.20. The molecule has 122 valence electrons. The van der Waals surface area contributed by atoms with E-state index in [0.717, 1.165) is 5.56 Å². The van der Waals surface area contributed by atoms with Crippen molar-refractivity contribution in [2.45, 2.75) is 39.2 Å². The minimum absolute atomic E-state index is 0.128. The molecule has 2 rings (SSSR count). The van der Waals surface area contributed by atoms with Crippen LogP contribution in [-0.4, -0.2) is 17.0 Å². The molecule has 0 aliphatic rings. The molecule has 2 aromatic rings. The van der Waals surface area contributed by atoms with E-state index in [1.54, 1.807) is 11.4 Å². The van der Waals surface area contributed by atoms with Crippen LogP contribution in [-0.2, 0) is 11.2 Å². The molecule has 0 saturated carbocycles. The number of carboxylic acid groups (broad SMARTS) is 1. The van der Waals surface area contributed by atoms with Crippen molar-refractivity contribution in [1.29, 1.82) is 0 Å². The highest BCUT2D eigenvalue weighted by Crippen LogP contribution is 2.25. The van der Waals surface area contributed by atoms with E-state index >= 15 is 0 Å². The number of thiophene rings is 1. The van der Waals surface area contributed by atoms with Gasteiger partial charge in [0.1, 0.15) is 0 Å². The highest BCUT2D eigenvalue weighted by atomic mass is 32.1. The van der Waals surface area contributed by atoms with Crippen LogP contribution in [0.15, 0.2) is 35.7 Å². The third-order valence-electron chi connectivity index (χ3n) is 3.73. The van der Waals surface area contributed by atoms with Crippen molar-refractivity contribution in [3.63, 3.8) is 0 Å². The topological polar surface area (TPSA) is 66.4 Å². The Balaban J connectivity index is 2.18. The number of carboxylic acids is 1. The lowest BCUT2D eigenvalue weighted by molar-refractivity contribution is -0.136. The number of carbonyl (C=O) groups is 2. The number of nitrogens with one attached hydrogen (secondary N) is 1. The van der Waals surface area contributed by atoms with E-state index in [1.807, 2.05) is 25.1 Å². The van der Waals surface area contributed by atoms with Gasteiger partial charge in [-0.05, 0) is 35.4 Å². The summed E-state index contributed by atoms with van der Waals surface area (Å²) in [4.78, 5) is 23.9. The Hall–Kier alpha value is -2.14. The molecule has 4 nitrogen and oxygen atoms in total. The molecule has 0 aliphatic heterocycles. The zero-order valence-electron chi connectivity index (χ0n) is 13.5. The molecule has 0 bridgehead atoms. The first-order chi connectivity index (χ1) is 10.9. The van der Waals surface area contributed by atoms with Gasteiger partial charge < -0.3 is 10.4 Å². The average Bonchev–Trinajstić information content (AvgIpc) is 2.94. The van der Waals surface area contributed by atoms with Crippen LogP contribution in [0.25, 0.3) is 0 Å². The second-order valence-electron chi connectivity index (χ2n) is 5.81. The molecule has 1 aromatic heterocycles. The smallest absolute Gasteiger partial charge is 0.308 e. The highest BCUT2D eigenvalue weighted by molar-refractivity contribution is 7.10. The summed E-state index contributed by atoms with van der Waals surface area (Å²) < 4.78 is 0. The zero-order chi connectivity index (χ0) is 17.0. The summed E-state index contributed by atoms with van der Waals surface area (Å²) in [5, 5.41) is 13.7. The minimum atomic E-state index is -0.931. The minimum Gasteiger partial charge on any atom is -0.481 e. The fourth-order valence-electron chi connectivity index (χ4n) is 2.60. The fourth-order valence-corrected chi connectivity index (χ4v) is 3.46. The van der Waals surface area contributed by atoms with Gasteiger partial charge in [0.2, 0.25) is 0 Å². The van der Waals surface area contributed by atoms with Gasteiger partial charge in [-0.15, -0.1) is 11.3 Å². The summed E-state index contributed by atoms with van der Waals surface area (Å²) in [5.74, 6) is -0.789. The quantitative estimate of drug-likeness (QED) is 0.841. The Morgan fingerprint density at radius 3 is 2.39 bits per heavy atom. The SMILES string of the molecule is CC(C)c1ccccc1C(C)NC(=O)c1ccsc1CC(=O)O. The van der Waals surface area contributed by atoms with Crippen LogP contribution in [0.4, 0.5) is 0 Å². The van der Waals surface area contributed by atoms with E-state index in [4.69, 9.17) is 5.11 Å². The maximum atomic E-state index is 12.5. The monoisotopic (exact) mass is 331 g/mol. The molecule has 1 heterocycles. The van der Waals surface area contributed by atoms with E-state index in [0.29, 0.717) is 16.4 Å². The standard InChI is InChI=1S/C18H21NO3S/c1-11(2)13-6-4-5-7-14(13)12(3)19-18(22)15-8-9-23-16(15)10-17(20)21/h4-9,11-12H,10H2,1-3H3,(H,19,22)(H,20,21). The molecule has 23 heavy (non-hydrogen) atoms. The van der Waals surface area contributed by atoms with Gasteiger partial charge in [-0.1, -0.05) is 38.1 Å². The van der Waals surface area contributed by atoms with Crippen LogP contribution < -0.4 is 5.32 Å². The van der Waals surface area contributed by atoms with E-state index in [-0.39, 0.29) is 18.4 Å².